The molecule has 0 bridgehead atoms. The molecule has 3 rings (SSSR count). The zero-order chi connectivity index (χ0) is 12.0. The number of aromatic amines is 1. The van der Waals surface area contributed by atoms with Crippen molar-refractivity contribution in [2.45, 2.75) is 0 Å². The first-order valence-corrected chi connectivity index (χ1v) is 5.59. The summed E-state index contributed by atoms with van der Waals surface area (Å²) >= 11 is 11.8. The van der Waals surface area contributed by atoms with Crippen LogP contribution >= 0.6 is 23.2 Å². The SMILES string of the molecule is Cn1cncc1-c1nc2c(Cl)nc(Cl)cc2[nH]1. The van der Waals surface area contributed by atoms with Gasteiger partial charge in [0.1, 0.15) is 16.4 Å². The van der Waals surface area contributed by atoms with Gasteiger partial charge in [0.05, 0.1) is 18.0 Å². The van der Waals surface area contributed by atoms with E-state index in [0.717, 1.165) is 11.2 Å². The van der Waals surface area contributed by atoms with Gasteiger partial charge in [-0.05, 0) is 0 Å². The first kappa shape index (κ1) is 10.6. The second-order valence-corrected chi connectivity index (χ2v) is 4.35. The number of halogens is 2. The number of aryl methyl sites for hydroxylation is 1. The molecule has 86 valence electrons. The van der Waals surface area contributed by atoms with Crippen LogP contribution in [0, 0.1) is 0 Å². The Morgan fingerprint density at radius 3 is 2.82 bits per heavy atom. The van der Waals surface area contributed by atoms with Gasteiger partial charge in [-0.25, -0.2) is 15.0 Å². The van der Waals surface area contributed by atoms with E-state index in [9.17, 15) is 0 Å². The van der Waals surface area contributed by atoms with Crippen LogP contribution in [0.5, 0.6) is 0 Å². The lowest BCUT2D eigenvalue weighted by Gasteiger charge is -1.95. The van der Waals surface area contributed by atoms with E-state index in [1.54, 1.807) is 18.6 Å². The third kappa shape index (κ3) is 1.67. The van der Waals surface area contributed by atoms with Crippen LogP contribution in [0.1, 0.15) is 0 Å². The molecular weight excluding hydrogens is 261 g/mol. The van der Waals surface area contributed by atoms with Crippen molar-refractivity contribution >= 4 is 34.2 Å². The number of fused-ring (bicyclic) bond motifs is 1. The average molecular weight is 268 g/mol. The van der Waals surface area contributed by atoms with E-state index >= 15 is 0 Å². The minimum atomic E-state index is 0.289. The molecule has 0 saturated heterocycles. The van der Waals surface area contributed by atoms with Crippen molar-refractivity contribution in [3.8, 4) is 11.5 Å². The summed E-state index contributed by atoms with van der Waals surface area (Å²) in [7, 11) is 1.89. The van der Waals surface area contributed by atoms with Crippen LogP contribution in [-0.2, 0) is 7.05 Å². The fourth-order valence-electron chi connectivity index (χ4n) is 1.65. The zero-order valence-corrected chi connectivity index (χ0v) is 10.3. The second kappa shape index (κ2) is 3.72. The lowest BCUT2D eigenvalue weighted by atomic mass is 10.4. The summed E-state index contributed by atoms with van der Waals surface area (Å²) in [5.41, 5.74) is 2.23. The number of pyridine rings is 1. The summed E-state index contributed by atoms with van der Waals surface area (Å²) < 4.78 is 1.86. The van der Waals surface area contributed by atoms with Gasteiger partial charge in [-0.2, -0.15) is 0 Å². The number of nitrogens with one attached hydrogen (secondary N) is 1. The third-order valence-electron chi connectivity index (χ3n) is 2.45. The molecule has 3 heterocycles. The van der Waals surface area contributed by atoms with E-state index in [1.165, 1.54) is 0 Å². The molecule has 7 heteroatoms. The minimum Gasteiger partial charge on any atom is -0.336 e. The Morgan fingerprint density at radius 2 is 2.12 bits per heavy atom. The highest BCUT2D eigenvalue weighted by Gasteiger charge is 2.12. The smallest absolute Gasteiger partial charge is 0.158 e. The molecule has 0 unspecified atom stereocenters. The molecule has 0 amide bonds. The van der Waals surface area contributed by atoms with Gasteiger partial charge >= 0.3 is 0 Å². The maximum absolute atomic E-state index is 5.98. The van der Waals surface area contributed by atoms with Crippen LogP contribution < -0.4 is 0 Å². The highest BCUT2D eigenvalue weighted by Crippen LogP contribution is 2.26. The highest BCUT2D eigenvalue weighted by molar-refractivity contribution is 6.36. The molecule has 0 aliphatic rings. The Morgan fingerprint density at radius 1 is 1.29 bits per heavy atom. The van der Waals surface area contributed by atoms with Crippen LogP contribution in [-0.4, -0.2) is 24.5 Å². The Labute approximate surface area is 106 Å². The summed E-state index contributed by atoms with van der Waals surface area (Å²) in [6, 6.07) is 1.69. The Kier molecular flexibility index (Phi) is 2.31. The molecule has 0 radical (unpaired) electrons. The summed E-state index contributed by atoms with van der Waals surface area (Å²) in [5, 5.41) is 0.625. The van der Waals surface area contributed by atoms with Gasteiger partial charge in [0, 0.05) is 13.1 Å². The number of hydrogen-bond acceptors (Lipinski definition) is 3. The van der Waals surface area contributed by atoms with E-state index in [0.29, 0.717) is 16.5 Å². The van der Waals surface area contributed by atoms with Crippen LogP contribution in [0.25, 0.3) is 22.6 Å². The average Bonchev–Trinajstić information content (AvgIpc) is 2.83. The van der Waals surface area contributed by atoms with Gasteiger partial charge in [0.15, 0.2) is 11.0 Å². The van der Waals surface area contributed by atoms with Crippen molar-refractivity contribution in [1.29, 1.82) is 0 Å². The summed E-state index contributed by atoms with van der Waals surface area (Å²) in [6.45, 7) is 0. The van der Waals surface area contributed by atoms with Crippen molar-refractivity contribution in [3.63, 3.8) is 0 Å². The number of H-pyrrole nitrogens is 1. The minimum absolute atomic E-state index is 0.289. The molecule has 1 N–H and O–H groups in total. The van der Waals surface area contributed by atoms with Crippen LogP contribution in [0.15, 0.2) is 18.6 Å². The van der Waals surface area contributed by atoms with Gasteiger partial charge in [-0.3, -0.25) is 0 Å². The van der Waals surface area contributed by atoms with Crippen LogP contribution in [0.3, 0.4) is 0 Å². The first-order valence-electron chi connectivity index (χ1n) is 4.83. The molecule has 0 spiro atoms. The van der Waals surface area contributed by atoms with E-state index in [-0.39, 0.29) is 5.15 Å². The molecule has 0 aliphatic heterocycles. The highest BCUT2D eigenvalue weighted by atomic mass is 35.5. The van der Waals surface area contributed by atoms with Crippen molar-refractivity contribution in [2.75, 3.05) is 0 Å². The normalized spacial score (nSPS) is 11.2. The predicted molar refractivity (Wildman–Crippen MR) is 66.1 cm³/mol. The lowest BCUT2D eigenvalue weighted by molar-refractivity contribution is 0.913. The van der Waals surface area contributed by atoms with Crippen molar-refractivity contribution in [2.24, 2.45) is 7.05 Å². The molecular formula is C10H7Cl2N5. The Bertz CT molecular complexity index is 700. The maximum Gasteiger partial charge on any atom is 0.158 e. The van der Waals surface area contributed by atoms with Gasteiger partial charge in [-0.1, -0.05) is 23.2 Å². The number of hydrogen-bond donors (Lipinski definition) is 1. The molecule has 5 nitrogen and oxygen atoms in total. The van der Waals surface area contributed by atoms with E-state index in [4.69, 9.17) is 23.2 Å². The first-order chi connectivity index (χ1) is 8.15. The van der Waals surface area contributed by atoms with E-state index in [2.05, 4.69) is 19.9 Å². The van der Waals surface area contributed by atoms with E-state index in [1.807, 2.05) is 11.6 Å². The Hall–Kier alpha value is -1.59. The predicted octanol–water partition coefficient (Wildman–Crippen LogP) is 2.67. The number of rotatable bonds is 1. The number of aromatic nitrogens is 5. The summed E-state index contributed by atoms with van der Waals surface area (Å²) in [6.07, 6.45) is 3.43. The summed E-state index contributed by atoms with van der Waals surface area (Å²) in [4.78, 5) is 15.5. The van der Waals surface area contributed by atoms with Gasteiger partial charge in [-0.15, -0.1) is 0 Å². The molecule has 0 saturated carbocycles. The zero-order valence-electron chi connectivity index (χ0n) is 8.78. The second-order valence-electron chi connectivity index (χ2n) is 3.61. The van der Waals surface area contributed by atoms with Crippen molar-refractivity contribution in [3.05, 3.63) is 28.9 Å². The van der Waals surface area contributed by atoms with Crippen molar-refractivity contribution < 1.29 is 0 Å². The number of imidazole rings is 2. The molecule has 17 heavy (non-hydrogen) atoms. The fraction of sp³-hybridized carbons (Fsp3) is 0.100. The summed E-state index contributed by atoms with van der Waals surface area (Å²) in [5.74, 6) is 0.686. The largest absolute Gasteiger partial charge is 0.336 e. The molecule has 0 fully saturated rings. The lowest BCUT2D eigenvalue weighted by Crippen LogP contribution is -1.90. The molecule has 0 aromatic carbocycles. The fourth-order valence-corrected chi connectivity index (χ4v) is 2.13. The molecule has 3 aromatic rings. The van der Waals surface area contributed by atoms with Gasteiger partial charge < -0.3 is 9.55 Å². The van der Waals surface area contributed by atoms with Gasteiger partial charge in [0.2, 0.25) is 0 Å². The topological polar surface area (TPSA) is 59.4 Å². The molecule has 0 atom stereocenters. The standard InChI is InChI=1S/C10H7Cl2N5/c1-17-4-13-3-6(17)10-14-5-2-7(11)15-9(12)8(5)16-10/h2-4H,1H3,(H,14,16). The maximum atomic E-state index is 5.98. The molecule has 0 aliphatic carbocycles. The van der Waals surface area contributed by atoms with E-state index < -0.39 is 0 Å². The van der Waals surface area contributed by atoms with Crippen LogP contribution in [0.2, 0.25) is 10.3 Å². The quantitative estimate of drug-likeness (QED) is 0.690. The monoisotopic (exact) mass is 267 g/mol. The van der Waals surface area contributed by atoms with Gasteiger partial charge in [0.25, 0.3) is 0 Å². The van der Waals surface area contributed by atoms with Crippen molar-refractivity contribution in [1.82, 2.24) is 24.5 Å². The molecule has 3 aromatic heterocycles. The third-order valence-corrected chi connectivity index (χ3v) is 2.91. The number of nitrogens with zero attached hydrogens (tertiary/aromatic N) is 4. The van der Waals surface area contributed by atoms with Crippen LogP contribution in [0.4, 0.5) is 0 Å². The Balaban J connectivity index is 2.27.